The van der Waals surface area contributed by atoms with E-state index in [1.807, 2.05) is 6.92 Å². The summed E-state index contributed by atoms with van der Waals surface area (Å²) in [6, 6.07) is 0. The van der Waals surface area contributed by atoms with Gasteiger partial charge in [-0.05, 0) is 13.5 Å². The van der Waals surface area contributed by atoms with Crippen LogP contribution in [0, 0.1) is 5.41 Å². The molecular formula is C11H25NO2. The molecule has 1 N–H and O–H groups in total. The summed E-state index contributed by atoms with van der Waals surface area (Å²) < 4.78 is 10.7. The second kappa shape index (κ2) is 8.21. The first-order valence-electron chi connectivity index (χ1n) is 5.48. The van der Waals surface area contributed by atoms with E-state index in [1.165, 1.54) is 0 Å². The van der Waals surface area contributed by atoms with Gasteiger partial charge in [0, 0.05) is 18.6 Å². The van der Waals surface area contributed by atoms with E-state index < -0.39 is 0 Å². The number of nitrogens with one attached hydrogen (secondary N) is 1. The molecule has 0 saturated heterocycles. The van der Waals surface area contributed by atoms with Crippen molar-refractivity contribution in [2.75, 3.05) is 39.5 Å². The molecule has 0 aromatic rings. The van der Waals surface area contributed by atoms with E-state index in [9.17, 15) is 0 Å². The molecule has 0 rings (SSSR count). The Bertz CT molecular complexity index is 126. The van der Waals surface area contributed by atoms with Crippen molar-refractivity contribution in [3.63, 3.8) is 0 Å². The first-order valence-corrected chi connectivity index (χ1v) is 5.48. The molecule has 0 aromatic heterocycles. The predicted molar refractivity (Wildman–Crippen MR) is 59.6 cm³/mol. The van der Waals surface area contributed by atoms with Crippen molar-refractivity contribution >= 4 is 0 Å². The van der Waals surface area contributed by atoms with Gasteiger partial charge >= 0.3 is 0 Å². The Morgan fingerprint density at radius 2 is 1.71 bits per heavy atom. The van der Waals surface area contributed by atoms with E-state index in [0.29, 0.717) is 13.2 Å². The highest BCUT2D eigenvalue weighted by atomic mass is 16.5. The third-order valence-electron chi connectivity index (χ3n) is 1.92. The van der Waals surface area contributed by atoms with Crippen LogP contribution < -0.4 is 5.32 Å². The molecule has 3 nitrogen and oxygen atoms in total. The van der Waals surface area contributed by atoms with Crippen molar-refractivity contribution in [1.29, 1.82) is 0 Å². The van der Waals surface area contributed by atoms with E-state index in [1.54, 1.807) is 0 Å². The van der Waals surface area contributed by atoms with Crippen LogP contribution in [0.1, 0.15) is 27.7 Å². The molecular weight excluding hydrogens is 178 g/mol. The fraction of sp³-hybridized carbons (Fsp3) is 1.00. The average molecular weight is 203 g/mol. The van der Waals surface area contributed by atoms with Crippen LogP contribution in [0.3, 0.4) is 0 Å². The quantitative estimate of drug-likeness (QED) is 0.578. The maximum Gasteiger partial charge on any atom is 0.0700 e. The fourth-order valence-corrected chi connectivity index (χ4v) is 1.13. The van der Waals surface area contributed by atoms with Crippen LogP contribution in [0.15, 0.2) is 0 Å². The highest BCUT2D eigenvalue weighted by molar-refractivity contribution is 4.70. The molecule has 0 spiro atoms. The number of hydrogen-bond donors (Lipinski definition) is 1. The minimum Gasteiger partial charge on any atom is -0.379 e. The summed E-state index contributed by atoms with van der Waals surface area (Å²) in [5.41, 5.74) is 0.211. The van der Waals surface area contributed by atoms with Crippen LogP contribution in [0.4, 0.5) is 0 Å². The molecule has 0 aliphatic rings. The van der Waals surface area contributed by atoms with Crippen LogP contribution in [0.25, 0.3) is 0 Å². The second-order valence-corrected chi connectivity index (χ2v) is 4.19. The summed E-state index contributed by atoms with van der Waals surface area (Å²) in [4.78, 5) is 0. The van der Waals surface area contributed by atoms with Crippen LogP contribution in [0.5, 0.6) is 0 Å². The molecule has 0 aliphatic carbocycles. The maximum absolute atomic E-state index is 5.53. The average Bonchev–Trinajstić information content (AvgIpc) is 2.15. The highest BCUT2D eigenvalue weighted by Crippen LogP contribution is 2.13. The fourth-order valence-electron chi connectivity index (χ4n) is 1.13. The molecule has 0 heterocycles. The second-order valence-electron chi connectivity index (χ2n) is 4.19. The Balaban J connectivity index is 3.35. The molecule has 0 atom stereocenters. The third kappa shape index (κ3) is 8.48. The Kier molecular flexibility index (Phi) is 8.14. The van der Waals surface area contributed by atoms with Crippen LogP contribution in [0.2, 0.25) is 0 Å². The summed E-state index contributed by atoms with van der Waals surface area (Å²) in [5.74, 6) is 0. The first-order chi connectivity index (χ1) is 6.62. The van der Waals surface area contributed by atoms with E-state index in [0.717, 1.165) is 26.3 Å². The Labute approximate surface area is 88.2 Å². The van der Waals surface area contributed by atoms with E-state index >= 15 is 0 Å². The molecule has 86 valence electrons. The van der Waals surface area contributed by atoms with E-state index in [-0.39, 0.29) is 5.41 Å². The summed E-state index contributed by atoms with van der Waals surface area (Å²) in [6.07, 6.45) is 0. The van der Waals surface area contributed by atoms with Gasteiger partial charge in [-0.25, -0.2) is 0 Å². The van der Waals surface area contributed by atoms with Crippen molar-refractivity contribution in [1.82, 2.24) is 5.32 Å². The molecule has 0 unspecified atom stereocenters. The molecule has 0 amide bonds. The lowest BCUT2D eigenvalue weighted by molar-refractivity contribution is 0.0180. The predicted octanol–water partition coefficient (Wildman–Crippen LogP) is 1.68. The van der Waals surface area contributed by atoms with Gasteiger partial charge in [0.1, 0.15) is 0 Å². The van der Waals surface area contributed by atoms with Gasteiger partial charge in [-0.1, -0.05) is 20.8 Å². The third-order valence-corrected chi connectivity index (χ3v) is 1.92. The summed E-state index contributed by atoms with van der Waals surface area (Å²) >= 11 is 0. The minimum absolute atomic E-state index is 0.211. The standard InChI is InChI=1S/C11H25NO2/c1-5-12-9-11(3,4)10-14-8-7-13-6-2/h12H,5-10H2,1-4H3. The van der Waals surface area contributed by atoms with Gasteiger partial charge in [-0.3, -0.25) is 0 Å². The van der Waals surface area contributed by atoms with Crippen LogP contribution >= 0.6 is 0 Å². The van der Waals surface area contributed by atoms with Crippen molar-refractivity contribution in [2.24, 2.45) is 5.41 Å². The van der Waals surface area contributed by atoms with Crippen molar-refractivity contribution in [3.05, 3.63) is 0 Å². The molecule has 0 saturated carbocycles. The van der Waals surface area contributed by atoms with Gasteiger partial charge in [-0.15, -0.1) is 0 Å². The zero-order chi connectivity index (χ0) is 10.9. The lowest BCUT2D eigenvalue weighted by atomic mass is 9.95. The van der Waals surface area contributed by atoms with Crippen LogP contribution in [-0.2, 0) is 9.47 Å². The minimum atomic E-state index is 0.211. The van der Waals surface area contributed by atoms with Gasteiger partial charge < -0.3 is 14.8 Å². The van der Waals surface area contributed by atoms with Crippen molar-refractivity contribution < 1.29 is 9.47 Å². The lowest BCUT2D eigenvalue weighted by Gasteiger charge is -2.24. The van der Waals surface area contributed by atoms with Gasteiger partial charge in [0.25, 0.3) is 0 Å². The van der Waals surface area contributed by atoms with E-state index in [2.05, 4.69) is 26.1 Å². The number of rotatable bonds is 9. The number of hydrogen-bond acceptors (Lipinski definition) is 3. The first kappa shape index (κ1) is 13.9. The van der Waals surface area contributed by atoms with Gasteiger partial charge in [0.05, 0.1) is 19.8 Å². The molecule has 3 heteroatoms. The Hall–Kier alpha value is -0.120. The number of ether oxygens (including phenoxy) is 2. The SMILES string of the molecule is CCNCC(C)(C)COCCOCC. The lowest BCUT2D eigenvalue weighted by Crippen LogP contribution is -2.33. The summed E-state index contributed by atoms with van der Waals surface area (Å²) in [5, 5.41) is 3.33. The zero-order valence-electron chi connectivity index (χ0n) is 10.1. The maximum atomic E-state index is 5.53. The normalized spacial score (nSPS) is 12.0. The molecule has 14 heavy (non-hydrogen) atoms. The largest absolute Gasteiger partial charge is 0.379 e. The van der Waals surface area contributed by atoms with Crippen molar-refractivity contribution in [2.45, 2.75) is 27.7 Å². The molecule has 0 aliphatic heterocycles. The monoisotopic (exact) mass is 203 g/mol. The molecule has 0 aromatic carbocycles. The smallest absolute Gasteiger partial charge is 0.0700 e. The Morgan fingerprint density at radius 1 is 1.07 bits per heavy atom. The summed E-state index contributed by atoms with van der Waals surface area (Å²) in [7, 11) is 0. The van der Waals surface area contributed by atoms with Gasteiger partial charge in [0.15, 0.2) is 0 Å². The topological polar surface area (TPSA) is 30.5 Å². The van der Waals surface area contributed by atoms with E-state index in [4.69, 9.17) is 9.47 Å². The zero-order valence-corrected chi connectivity index (χ0v) is 10.1. The van der Waals surface area contributed by atoms with Gasteiger partial charge in [-0.2, -0.15) is 0 Å². The van der Waals surface area contributed by atoms with Gasteiger partial charge in [0.2, 0.25) is 0 Å². The highest BCUT2D eigenvalue weighted by Gasteiger charge is 2.16. The van der Waals surface area contributed by atoms with Crippen LogP contribution in [-0.4, -0.2) is 39.5 Å². The van der Waals surface area contributed by atoms with Crippen molar-refractivity contribution in [3.8, 4) is 0 Å². The summed E-state index contributed by atoms with van der Waals surface area (Å²) in [6.45, 7) is 13.5. The Morgan fingerprint density at radius 3 is 2.29 bits per heavy atom. The molecule has 0 fully saturated rings. The molecule has 0 bridgehead atoms. The molecule has 0 radical (unpaired) electrons.